The minimum absolute atomic E-state index is 0.0683. The van der Waals surface area contributed by atoms with Crippen molar-refractivity contribution in [2.75, 3.05) is 32.7 Å². The lowest BCUT2D eigenvalue weighted by Crippen LogP contribution is -3.14. The summed E-state index contributed by atoms with van der Waals surface area (Å²) in [7, 11) is 0. The third-order valence-electron chi connectivity index (χ3n) is 8.12. The number of thiophene rings is 1. The Balaban J connectivity index is 1.22. The van der Waals surface area contributed by atoms with E-state index >= 15 is 0 Å². The monoisotopic (exact) mass is 483 g/mol. The Morgan fingerprint density at radius 1 is 1.12 bits per heavy atom. The molecule has 2 aromatic rings. The number of amides is 1. The number of quaternary nitrogens is 1. The van der Waals surface area contributed by atoms with Crippen LogP contribution in [0.4, 0.5) is 0 Å². The first-order valence-corrected chi connectivity index (χ1v) is 13.4. The molecule has 7 nitrogen and oxygen atoms in total. The molecule has 1 amide bonds. The van der Waals surface area contributed by atoms with Crippen LogP contribution in [0.25, 0.3) is 0 Å². The quantitative estimate of drug-likeness (QED) is 0.608. The summed E-state index contributed by atoms with van der Waals surface area (Å²) in [6, 6.07) is 9.58. The van der Waals surface area contributed by atoms with Gasteiger partial charge in [0.15, 0.2) is 0 Å². The van der Waals surface area contributed by atoms with Gasteiger partial charge in [0.2, 0.25) is 5.91 Å². The SMILES string of the molecule is O=C([O-])C[C@@H]1CCN(C(=O)Cc2cccs2)C[C@@H]1CC[NH+]1C[C@@H]2C[C@H](C1)c1cccc(=O)n1C2. The third-order valence-corrected chi connectivity index (χ3v) is 9.00. The number of pyridine rings is 1. The number of carbonyl (C=O) groups is 2. The highest BCUT2D eigenvalue weighted by Crippen LogP contribution is 2.31. The first-order chi connectivity index (χ1) is 16.5. The first kappa shape index (κ1) is 23.3. The van der Waals surface area contributed by atoms with Crippen molar-refractivity contribution in [3.8, 4) is 0 Å². The van der Waals surface area contributed by atoms with Crippen LogP contribution >= 0.6 is 11.3 Å². The second kappa shape index (κ2) is 10.0. The van der Waals surface area contributed by atoms with E-state index < -0.39 is 5.97 Å². The summed E-state index contributed by atoms with van der Waals surface area (Å²) >= 11 is 1.60. The number of carboxylic acids is 1. The molecule has 2 saturated heterocycles. The van der Waals surface area contributed by atoms with Crippen LogP contribution in [0.15, 0.2) is 40.5 Å². The van der Waals surface area contributed by atoms with Crippen molar-refractivity contribution >= 4 is 23.2 Å². The molecular formula is C26H33N3O4S. The molecule has 1 N–H and O–H groups in total. The van der Waals surface area contributed by atoms with Gasteiger partial charge in [-0.1, -0.05) is 12.1 Å². The van der Waals surface area contributed by atoms with E-state index in [1.165, 1.54) is 10.6 Å². The second-order valence-electron chi connectivity index (χ2n) is 10.4. The fourth-order valence-corrected chi connectivity index (χ4v) is 7.20. The van der Waals surface area contributed by atoms with Gasteiger partial charge >= 0.3 is 0 Å². The van der Waals surface area contributed by atoms with Crippen LogP contribution in [0.1, 0.15) is 42.2 Å². The number of nitrogens with one attached hydrogen (secondary N) is 1. The van der Waals surface area contributed by atoms with Gasteiger partial charge in [-0.25, -0.2) is 0 Å². The van der Waals surface area contributed by atoms with Gasteiger partial charge in [-0.15, -0.1) is 11.3 Å². The number of fused-ring (bicyclic) bond motifs is 4. The Morgan fingerprint density at radius 3 is 2.79 bits per heavy atom. The summed E-state index contributed by atoms with van der Waals surface area (Å²) in [4.78, 5) is 41.1. The lowest BCUT2D eigenvalue weighted by atomic mass is 9.80. The molecule has 2 bridgehead atoms. The molecule has 1 unspecified atom stereocenters. The largest absolute Gasteiger partial charge is 0.550 e. The molecule has 3 aliphatic heterocycles. The highest BCUT2D eigenvalue weighted by molar-refractivity contribution is 7.10. The van der Waals surface area contributed by atoms with Crippen molar-refractivity contribution in [1.82, 2.24) is 9.47 Å². The van der Waals surface area contributed by atoms with E-state index in [4.69, 9.17) is 0 Å². The van der Waals surface area contributed by atoms with Crippen LogP contribution in [-0.2, 0) is 22.6 Å². The Morgan fingerprint density at radius 2 is 2.00 bits per heavy atom. The van der Waals surface area contributed by atoms with Gasteiger partial charge in [0.25, 0.3) is 5.56 Å². The van der Waals surface area contributed by atoms with Gasteiger partial charge in [-0.3, -0.25) is 9.59 Å². The number of carboxylic acid groups (broad SMARTS) is 1. The van der Waals surface area contributed by atoms with Crippen molar-refractivity contribution in [3.63, 3.8) is 0 Å². The normalized spacial score (nSPS) is 28.4. The van der Waals surface area contributed by atoms with Crippen LogP contribution in [0, 0.1) is 17.8 Å². The van der Waals surface area contributed by atoms with Crippen molar-refractivity contribution in [3.05, 3.63) is 56.6 Å². The molecule has 5 rings (SSSR count). The Hall–Kier alpha value is -2.45. The van der Waals surface area contributed by atoms with E-state index in [0.717, 1.165) is 50.3 Å². The predicted octanol–water partition coefficient (Wildman–Crippen LogP) is 0.149. The van der Waals surface area contributed by atoms with E-state index in [2.05, 4.69) is 6.07 Å². The maximum Gasteiger partial charge on any atom is 0.250 e. The number of carbonyl (C=O) groups excluding carboxylic acids is 2. The molecule has 8 heteroatoms. The van der Waals surface area contributed by atoms with Crippen LogP contribution in [0.3, 0.4) is 0 Å². The molecule has 0 aromatic carbocycles. The van der Waals surface area contributed by atoms with Crippen molar-refractivity contribution in [2.24, 2.45) is 17.8 Å². The van der Waals surface area contributed by atoms with Crippen molar-refractivity contribution < 1.29 is 19.6 Å². The molecule has 0 saturated carbocycles. The van der Waals surface area contributed by atoms with Crippen LogP contribution in [0.2, 0.25) is 0 Å². The molecule has 3 aliphatic rings. The van der Waals surface area contributed by atoms with E-state index in [1.54, 1.807) is 17.4 Å². The molecular weight excluding hydrogens is 450 g/mol. The number of rotatable bonds is 7. The van der Waals surface area contributed by atoms with Gasteiger partial charge in [0.1, 0.15) is 0 Å². The van der Waals surface area contributed by atoms with E-state index in [1.807, 2.05) is 33.0 Å². The minimum Gasteiger partial charge on any atom is -0.550 e. The van der Waals surface area contributed by atoms with Crippen LogP contribution < -0.4 is 15.6 Å². The number of aliphatic carboxylic acids is 1. The lowest BCUT2D eigenvalue weighted by molar-refractivity contribution is -0.911. The molecule has 182 valence electrons. The summed E-state index contributed by atoms with van der Waals surface area (Å²) in [5, 5.41) is 13.4. The smallest absolute Gasteiger partial charge is 0.250 e. The highest BCUT2D eigenvalue weighted by atomic mass is 32.1. The number of likely N-dealkylation sites (tertiary alicyclic amines) is 2. The summed E-state index contributed by atoms with van der Waals surface area (Å²) < 4.78 is 1.96. The summed E-state index contributed by atoms with van der Waals surface area (Å²) in [6.07, 6.45) is 3.29. The Bertz CT molecular complexity index is 1080. The van der Waals surface area contributed by atoms with E-state index in [-0.39, 0.29) is 29.7 Å². The Kier molecular flexibility index (Phi) is 6.88. The maximum atomic E-state index is 12.9. The fourth-order valence-electron chi connectivity index (χ4n) is 6.50. The number of nitrogens with zero attached hydrogens (tertiary/aromatic N) is 2. The average molecular weight is 484 g/mol. The summed E-state index contributed by atoms with van der Waals surface area (Å²) in [6.45, 7) is 5.11. The van der Waals surface area contributed by atoms with Crippen LogP contribution in [0.5, 0.6) is 0 Å². The zero-order valence-corrected chi connectivity index (χ0v) is 20.3. The van der Waals surface area contributed by atoms with Gasteiger partial charge < -0.3 is 24.3 Å². The van der Waals surface area contributed by atoms with E-state index in [0.29, 0.717) is 31.3 Å². The number of hydrogen-bond acceptors (Lipinski definition) is 5. The molecule has 0 aliphatic carbocycles. The summed E-state index contributed by atoms with van der Waals surface area (Å²) in [5.74, 6) is 0.319. The molecule has 2 aromatic heterocycles. The maximum absolute atomic E-state index is 12.9. The molecule has 34 heavy (non-hydrogen) atoms. The van der Waals surface area contributed by atoms with Crippen molar-refractivity contribution in [2.45, 2.75) is 44.6 Å². The zero-order valence-electron chi connectivity index (χ0n) is 19.5. The molecule has 5 atom stereocenters. The first-order valence-electron chi connectivity index (χ1n) is 12.5. The average Bonchev–Trinajstić information content (AvgIpc) is 3.32. The van der Waals surface area contributed by atoms with Gasteiger partial charge in [-0.2, -0.15) is 0 Å². The van der Waals surface area contributed by atoms with Gasteiger partial charge in [-0.05, 0) is 48.6 Å². The predicted molar refractivity (Wildman–Crippen MR) is 128 cm³/mol. The third kappa shape index (κ3) is 5.13. The zero-order chi connectivity index (χ0) is 23.7. The van der Waals surface area contributed by atoms with Crippen molar-refractivity contribution in [1.29, 1.82) is 0 Å². The number of piperidine rings is 2. The molecule has 0 radical (unpaired) electrons. The number of aromatic nitrogens is 1. The number of hydrogen-bond donors (Lipinski definition) is 1. The second-order valence-corrected chi connectivity index (χ2v) is 11.4. The summed E-state index contributed by atoms with van der Waals surface area (Å²) in [5.41, 5.74) is 1.27. The minimum atomic E-state index is -0.990. The lowest BCUT2D eigenvalue weighted by Gasteiger charge is -2.42. The van der Waals surface area contributed by atoms with Gasteiger partial charge in [0, 0.05) is 60.5 Å². The van der Waals surface area contributed by atoms with Gasteiger partial charge in [0.05, 0.1) is 26.1 Å². The topological polar surface area (TPSA) is 86.9 Å². The fraction of sp³-hybridized carbons (Fsp3) is 0.577. The molecule has 2 fully saturated rings. The Labute approximate surface area is 204 Å². The van der Waals surface area contributed by atoms with E-state index in [9.17, 15) is 19.5 Å². The standard InChI is InChI=1S/C26H33N3O4S/c30-24-5-1-4-23-21-11-18(15-29(23)24)14-27(16-21)8-6-20-17-28(9-7-19(20)12-26(32)33)25(31)13-22-3-2-10-34-22/h1-5,10,18-21H,6-9,11-17H2,(H,32,33)/t18-,19-,20-,21+/m0/s1. The van der Waals surface area contributed by atoms with Crippen LogP contribution in [-0.4, -0.2) is 54.1 Å². The molecule has 5 heterocycles. The highest BCUT2D eigenvalue weighted by Gasteiger charge is 2.38. The molecule has 0 spiro atoms.